The predicted molar refractivity (Wildman–Crippen MR) is 195 cm³/mol. The minimum absolute atomic E-state index is 0.303. The van der Waals surface area contributed by atoms with Gasteiger partial charge in [-0.05, 0) is 49.3 Å². The third kappa shape index (κ3) is 7.03. The van der Waals surface area contributed by atoms with Crippen molar-refractivity contribution in [2.45, 2.75) is 33.1 Å². The number of aromatic nitrogens is 5. The Balaban J connectivity index is 1.44. The number of hydrogen-bond acceptors (Lipinski definition) is 6. The molecule has 2 heterocycles. The fraction of sp³-hybridized carbons (Fsp3) is 0.190. The van der Waals surface area contributed by atoms with E-state index in [1.807, 2.05) is 84.9 Å². The third-order valence-electron chi connectivity index (χ3n) is 8.88. The van der Waals surface area contributed by atoms with Crippen LogP contribution in [-0.2, 0) is 0 Å². The molecule has 2 atom stereocenters. The smallest absolute Gasteiger partial charge is 0.182 e. The van der Waals surface area contributed by atoms with Gasteiger partial charge < -0.3 is 0 Å². The zero-order chi connectivity index (χ0) is 32.7. The van der Waals surface area contributed by atoms with Crippen LogP contribution in [0.1, 0.15) is 50.2 Å². The molecular weight excluding hydrogens is 589 g/mol. The van der Waals surface area contributed by atoms with Crippen LogP contribution >= 0.6 is 0 Å². The number of rotatable bonds is 8. The lowest BCUT2D eigenvalue weighted by atomic mass is 9.90. The van der Waals surface area contributed by atoms with E-state index in [2.05, 4.69) is 62.4 Å². The molecule has 0 aliphatic heterocycles. The molecule has 0 radical (unpaired) electrons. The highest BCUT2D eigenvalue weighted by atomic mass is 15.1. The van der Waals surface area contributed by atoms with Crippen LogP contribution < -0.4 is 0 Å². The third-order valence-corrected chi connectivity index (χ3v) is 8.88. The molecule has 3 aromatic carbocycles. The molecule has 2 unspecified atom stereocenters. The summed E-state index contributed by atoms with van der Waals surface area (Å²) in [5.41, 5.74) is 7.36. The second-order valence-electron chi connectivity index (χ2n) is 12.3. The molecule has 2 aromatic heterocycles. The van der Waals surface area contributed by atoms with E-state index in [-0.39, 0.29) is 0 Å². The van der Waals surface area contributed by atoms with Crippen LogP contribution in [0.15, 0.2) is 144 Å². The summed E-state index contributed by atoms with van der Waals surface area (Å²) in [6.45, 7) is 5.04. The molecule has 0 N–H and O–H groups in total. The maximum atomic E-state index is 5.29. The molecule has 0 spiro atoms. The van der Waals surface area contributed by atoms with Crippen LogP contribution in [0.25, 0.3) is 39.9 Å². The van der Waals surface area contributed by atoms with Crippen molar-refractivity contribution in [3.05, 3.63) is 156 Å². The van der Waals surface area contributed by atoms with E-state index in [9.17, 15) is 0 Å². The number of hydrogen-bond donors (Lipinski definition) is 0. The molecule has 0 saturated heterocycles. The van der Waals surface area contributed by atoms with Crippen molar-refractivity contribution in [3.63, 3.8) is 0 Å². The number of nitrogens with zero attached hydrogens (tertiary/aromatic N) is 6. The SMILES string of the molecule is CC1=C(c2nc(C(=NCC3C=CC=CC3C)c3ccccc3)cc(-c3nc(-c4ccccc4)nc(-c4ccccc4)n3)n2)CCCC=C1. The van der Waals surface area contributed by atoms with E-state index < -0.39 is 0 Å². The Morgan fingerprint density at radius 1 is 0.708 bits per heavy atom. The highest BCUT2D eigenvalue weighted by molar-refractivity contribution is 6.12. The molecule has 48 heavy (non-hydrogen) atoms. The first-order valence-corrected chi connectivity index (χ1v) is 16.7. The van der Waals surface area contributed by atoms with Gasteiger partial charge in [0.05, 0.1) is 11.4 Å². The van der Waals surface area contributed by atoms with Crippen molar-refractivity contribution >= 4 is 11.3 Å². The van der Waals surface area contributed by atoms with Gasteiger partial charge in [-0.1, -0.05) is 134 Å². The summed E-state index contributed by atoms with van der Waals surface area (Å²) in [5.74, 6) is 3.07. The molecule has 236 valence electrons. The van der Waals surface area contributed by atoms with Gasteiger partial charge in [0.2, 0.25) is 0 Å². The van der Waals surface area contributed by atoms with Crippen molar-refractivity contribution < 1.29 is 0 Å². The van der Waals surface area contributed by atoms with Crippen LogP contribution in [0, 0.1) is 11.8 Å². The van der Waals surface area contributed by atoms with Crippen LogP contribution in [0.4, 0.5) is 0 Å². The highest BCUT2D eigenvalue weighted by Crippen LogP contribution is 2.30. The molecule has 2 aliphatic carbocycles. The van der Waals surface area contributed by atoms with Crippen molar-refractivity contribution in [3.8, 4) is 34.3 Å². The maximum Gasteiger partial charge on any atom is 0.182 e. The van der Waals surface area contributed by atoms with Gasteiger partial charge >= 0.3 is 0 Å². The number of benzene rings is 3. The number of allylic oxidation sites excluding steroid dienone is 7. The van der Waals surface area contributed by atoms with Gasteiger partial charge in [0.1, 0.15) is 5.69 Å². The van der Waals surface area contributed by atoms with Crippen molar-refractivity contribution in [1.29, 1.82) is 0 Å². The first kappa shape index (κ1) is 31.0. The Hall–Kier alpha value is -5.62. The summed E-state index contributed by atoms with van der Waals surface area (Å²) < 4.78 is 0. The van der Waals surface area contributed by atoms with Gasteiger partial charge in [-0.25, -0.2) is 24.9 Å². The molecule has 6 nitrogen and oxygen atoms in total. The van der Waals surface area contributed by atoms with Gasteiger partial charge in [0.25, 0.3) is 0 Å². The summed E-state index contributed by atoms with van der Waals surface area (Å²) in [7, 11) is 0. The van der Waals surface area contributed by atoms with Crippen LogP contribution in [0.3, 0.4) is 0 Å². The summed E-state index contributed by atoms with van der Waals surface area (Å²) >= 11 is 0. The molecule has 0 bridgehead atoms. The summed E-state index contributed by atoms with van der Waals surface area (Å²) in [6.07, 6.45) is 16.1. The van der Waals surface area contributed by atoms with E-state index in [1.165, 1.54) is 5.57 Å². The molecule has 5 aromatic rings. The molecular formula is C42H38N6. The Kier molecular flexibility index (Phi) is 9.32. The summed E-state index contributed by atoms with van der Waals surface area (Å²) in [6, 6.07) is 32.4. The summed E-state index contributed by atoms with van der Waals surface area (Å²) in [4.78, 5) is 30.7. The first-order valence-electron chi connectivity index (χ1n) is 16.7. The van der Waals surface area contributed by atoms with Crippen LogP contribution in [-0.4, -0.2) is 37.2 Å². The second-order valence-corrected chi connectivity index (χ2v) is 12.3. The lowest BCUT2D eigenvalue weighted by Crippen LogP contribution is -2.16. The molecule has 0 amide bonds. The van der Waals surface area contributed by atoms with E-state index in [4.69, 9.17) is 29.9 Å². The zero-order valence-corrected chi connectivity index (χ0v) is 27.4. The molecule has 0 fully saturated rings. The minimum Gasteiger partial charge on any atom is -0.282 e. The normalized spacial score (nSPS) is 17.8. The van der Waals surface area contributed by atoms with E-state index in [1.54, 1.807) is 0 Å². The average Bonchev–Trinajstić information content (AvgIpc) is 3.37. The second kappa shape index (κ2) is 14.4. The minimum atomic E-state index is 0.303. The van der Waals surface area contributed by atoms with Gasteiger partial charge in [0, 0.05) is 29.2 Å². The fourth-order valence-corrected chi connectivity index (χ4v) is 6.09. The van der Waals surface area contributed by atoms with Crippen LogP contribution in [0.5, 0.6) is 0 Å². The Labute approximate surface area is 282 Å². The highest BCUT2D eigenvalue weighted by Gasteiger charge is 2.21. The molecule has 0 saturated carbocycles. The van der Waals surface area contributed by atoms with Crippen LogP contribution in [0.2, 0.25) is 0 Å². The summed E-state index contributed by atoms with van der Waals surface area (Å²) in [5, 5.41) is 0. The topological polar surface area (TPSA) is 76.8 Å². The first-order chi connectivity index (χ1) is 23.6. The fourth-order valence-electron chi connectivity index (χ4n) is 6.09. The molecule has 7 rings (SSSR count). The lowest BCUT2D eigenvalue weighted by Gasteiger charge is -2.19. The largest absolute Gasteiger partial charge is 0.282 e. The monoisotopic (exact) mass is 626 g/mol. The van der Waals surface area contributed by atoms with Crippen molar-refractivity contribution in [2.75, 3.05) is 6.54 Å². The quantitative estimate of drug-likeness (QED) is 0.160. The van der Waals surface area contributed by atoms with E-state index >= 15 is 0 Å². The van der Waals surface area contributed by atoms with Gasteiger partial charge in [-0.2, -0.15) is 0 Å². The molecule has 2 aliphatic rings. The van der Waals surface area contributed by atoms with Gasteiger partial charge in [-0.15, -0.1) is 0 Å². The maximum absolute atomic E-state index is 5.29. The van der Waals surface area contributed by atoms with Gasteiger partial charge in [0.15, 0.2) is 23.3 Å². The van der Waals surface area contributed by atoms with E-state index in [0.29, 0.717) is 47.4 Å². The standard InChI is InChI=1S/C42H38N6/c1-29-17-15-16-25-34(29)28-43-38(31-19-8-4-9-20-31)36-27-37(45-41(44-36)35-26-14-3-7-18-30(35)2)42-47-39(32-21-10-5-11-22-32)46-40(48-42)33-23-12-6-13-24-33/h4-13,15-25,27,29,34H,3,14,26,28H2,1-2H3. The van der Waals surface area contributed by atoms with Crippen molar-refractivity contribution in [2.24, 2.45) is 16.8 Å². The Morgan fingerprint density at radius 3 is 2.00 bits per heavy atom. The average molecular weight is 627 g/mol. The molecule has 6 heteroatoms. The zero-order valence-electron chi connectivity index (χ0n) is 27.4. The Morgan fingerprint density at radius 2 is 1.33 bits per heavy atom. The van der Waals surface area contributed by atoms with Crippen molar-refractivity contribution in [1.82, 2.24) is 24.9 Å². The lowest BCUT2D eigenvalue weighted by molar-refractivity contribution is 0.518. The Bertz CT molecular complexity index is 1990. The number of aliphatic imine (C=N–C) groups is 1. The van der Waals surface area contributed by atoms with E-state index in [0.717, 1.165) is 52.9 Å². The van der Waals surface area contributed by atoms with Gasteiger partial charge in [-0.3, -0.25) is 4.99 Å². The predicted octanol–water partition coefficient (Wildman–Crippen LogP) is 9.39.